The summed E-state index contributed by atoms with van der Waals surface area (Å²) >= 11 is 0. The highest BCUT2D eigenvalue weighted by Gasteiger charge is 2.30. The van der Waals surface area contributed by atoms with Crippen molar-refractivity contribution >= 4 is 44.6 Å². The number of pyridine rings is 1. The maximum atomic E-state index is 9.61. The molecule has 6 aromatic carbocycles. The number of hydrogen-bond donors (Lipinski definition) is 0. The topological polar surface area (TPSA) is 57.3 Å². The molecule has 2 aromatic heterocycles. The molecule has 304 valence electrons. The first-order valence-electron chi connectivity index (χ1n) is 21.2. The average molecular weight is 800 g/mol. The normalized spacial score (nSPS) is 13.2. The molecule has 0 spiro atoms. The monoisotopic (exact) mass is 799 g/mol. The van der Waals surface area contributed by atoms with Crippen molar-refractivity contribution in [1.82, 2.24) is 9.55 Å². The van der Waals surface area contributed by atoms with Gasteiger partial charge in [0.05, 0.1) is 34.0 Å². The molecule has 6 nitrogen and oxygen atoms in total. The van der Waals surface area contributed by atoms with Crippen molar-refractivity contribution in [3.63, 3.8) is 0 Å². The van der Waals surface area contributed by atoms with E-state index < -0.39 is 0 Å². The summed E-state index contributed by atoms with van der Waals surface area (Å²) in [6.07, 6.45) is 1.91. The molecule has 0 N–H and O–H groups in total. The predicted octanol–water partition coefficient (Wildman–Crippen LogP) is 14.6. The van der Waals surface area contributed by atoms with Crippen LogP contribution in [0.25, 0.3) is 38.8 Å². The minimum atomic E-state index is -0.0482. The number of para-hydroxylation sites is 2. The minimum absolute atomic E-state index is 0.0131. The second-order valence-electron chi connectivity index (χ2n) is 19.4. The lowest BCUT2D eigenvalue weighted by Gasteiger charge is -2.29. The number of nitriles is 1. The Labute approximate surface area is 360 Å². The number of aromatic nitrogens is 2. The molecule has 0 amide bonds. The molecule has 0 saturated carbocycles. The first-order valence-corrected chi connectivity index (χ1v) is 21.2. The molecule has 1 aliphatic heterocycles. The van der Waals surface area contributed by atoms with E-state index in [2.05, 4.69) is 198 Å². The van der Waals surface area contributed by atoms with Gasteiger partial charge in [0.1, 0.15) is 24.0 Å². The molecule has 8 aromatic rings. The molecule has 0 atom stereocenters. The van der Waals surface area contributed by atoms with Crippen LogP contribution in [0.5, 0.6) is 11.5 Å². The van der Waals surface area contributed by atoms with Crippen LogP contribution in [0.15, 0.2) is 146 Å². The molecule has 61 heavy (non-hydrogen) atoms. The highest BCUT2D eigenvalue weighted by molar-refractivity contribution is 6.10. The molecule has 6 heteroatoms. The number of benzene rings is 6. The van der Waals surface area contributed by atoms with E-state index in [-0.39, 0.29) is 16.2 Å². The van der Waals surface area contributed by atoms with Gasteiger partial charge in [-0.1, -0.05) is 105 Å². The number of nitrogens with zero attached hydrogens (tertiary/aromatic N) is 5. The van der Waals surface area contributed by atoms with E-state index in [0.717, 1.165) is 61.6 Å². The third kappa shape index (κ3) is 7.50. The smallest absolute Gasteiger partial charge is 0.137 e. The van der Waals surface area contributed by atoms with Crippen LogP contribution in [-0.2, 0) is 16.2 Å². The van der Waals surface area contributed by atoms with E-state index in [9.17, 15) is 5.26 Å². The summed E-state index contributed by atoms with van der Waals surface area (Å²) < 4.78 is 9.02. The van der Waals surface area contributed by atoms with Crippen LogP contribution in [0.2, 0.25) is 0 Å². The number of hydrogen-bond acceptors (Lipinski definition) is 5. The van der Waals surface area contributed by atoms with Gasteiger partial charge < -0.3 is 14.5 Å². The molecule has 3 heterocycles. The Morgan fingerprint density at radius 2 is 1.18 bits per heavy atom. The van der Waals surface area contributed by atoms with Crippen LogP contribution >= 0.6 is 0 Å². The van der Waals surface area contributed by atoms with Crippen molar-refractivity contribution in [2.75, 3.05) is 16.5 Å². The van der Waals surface area contributed by atoms with Gasteiger partial charge in [-0.2, -0.15) is 5.26 Å². The number of ether oxygens (including phenoxy) is 1. The Morgan fingerprint density at radius 1 is 0.525 bits per heavy atom. The molecule has 9 rings (SSSR count). The SMILES string of the molecule is CC(C)(C)c1cc(N2CN(c3cccc(Oc4ccc5c6cc(-c7cccc(C#N)c7)ccc6n(-c6cc(C(C)(C)C)ccn6)c5c4)c3)c3ccccc32)cc(C(C)(C)C)c1. The second kappa shape index (κ2) is 14.7. The van der Waals surface area contributed by atoms with Crippen molar-refractivity contribution in [3.8, 4) is 34.5 Å². The zero-order valence-electron chi connectivity index (χ0n) is 36.7. The highest BCUT2D eigenvalue weighted by Crippen LogP contribution is 2.47. The van der Waals surface area contributed by atoms with Gasteiger partial charge in [-0.05, 0) is 129 Å². The van der Waals surface area contributed by atoms with Crippen molar-refractivity contribution in [2.24, 2.45) is 0 Å². The van der Waals surface area contributed by atoms with Crippen LogP contribution in [0.3, 0.4) is 0 Å². The van der Waals surface area contributed by atoms with Gasteiger partial charge in [-0.15, -0.1) is 0 Å². The Bertz CT molecular complexity index is 2990. The lowest BCUT2D eigenvalue weighted by molar-refractivity contribution is 0.483. The molecule has 1 aliphatic rings. The average Bonchev–Trinajstić information content (AvgIpc) is 3.78. The highest BCUT2D eigenvalue weighted by atomic mass is 16.5. The molecule has 0 bridgehead atoms. The molecule has 0 unspecified atom stereocenters. The largest absolute Gasteiger partial charge is 0.457 e. The Hall–Kier alpha value is -6.84. The van der Waals surface area contributed by atoms with E-state index in [1.54, 1.807) is 0 Å². The van der Waals surface area contributed by atoms with Crippen LogP contribution in [0, 0.1) is 11.3 Å². The van der Waals surface area contributed by atoms with Crippen molar-refractivity contribution in [3.05, 3.63) is 168 Å². The summed E-state index contributed by atoms with van der Waals surface area (Å²) in [7, 11) is 0. The molecule has 0 saturated heterocycles. The van der Waals surface area contributed by atoms with Gasteiger partial charge in [-0.3, -0.25) is 4.57 Å². The lowest BCUT2D eigenvalue weighted by Crippen LogP contribution is -2.25. The van der Waals surface area contributed by atoms with Gasteiger partial charge in [-0.25, -0.2) is 4.98 Å². The summed E-state index contributed by atoms with van der Waals surface area (Å²) in [5.41, 5.74) is 13.2. The van der Waals surface area contributed by atoms with E-state index in [4.69, 9.17) is 9.72 Å². The Balaban J connectivity index is 1.10. The lowest BCUT2D eigenvalue weighted by atomic mass is 9.80. The minimum Gasteiger partial charge on any atom is -0.457 e. The van der Waals surface area contributed by atoms with Crippen LogP contribution in [0.1, 0.15) is 84.6 Å². The number of anilines is 4. The number of fused-ring (bicyclic) bond motifs is 4. The summed E-state index contributed by atoms with van der Waals surface area (Å²) in [6.45, 7) is 21.1. The Morgan fingerprint density at radius 3 is 1.87 bits per heavy atom. The maximum absolute atomic E-state index is 9.61. The standard InChI is InChI=1S/C55H53N5O/c1-53(2,3)39-24-25-57-52(31-39)60-48-23-20-38(37-15-12-14-36(26-37)34-56)27-47(48)46-22-21-45(33-51(46)60)61-44-17-13-16-42(32-44)58-35-59(50-19-11-10-18-49(50)58)43-29-40(54(4,5)6)28-41(30-43)55(7,8)9/h10-33H,35H2,1-9H3. The van der Waals surface area contributed by atoms with Gasteiger partial charge in [0, 0.05) is 40.5 Å². The Kier molecular flexibility index (Phi) is 9.55. The zero-order chi connectivity index (χ0) is 42.8. The van der Waals surface area contributed by atoms with Crippen molar-refractivity contribution in [2.45, 2.75) is 78.6 Å². The fourth-order valence-corrected chi connectivity index (χ4v) is 8.41. The predicted molar refractivity (Wildman–Crippen MR) is 253 cm³/mol. The maximum Gasteiger partial charge on any atom is 0.137 e. The van der Waals surface area contributed by atoms with E-state index >= 15 is 0 Å². The molecule has 0 fully saturated rings. The summed E-state index contributed by atoms with van der Waals surface area (Å²) in [5.74, 6) is 2.35. The van der Waals surface area contributed by atoms with Crippen LogP contribution < -0.4 is 14.5 Å². The van der Waals surface area contributed by atoms with Gasteiger partial charge in [0.15, 0.2) is 0 Å². The van der Waals surface area contributed by atoms with E-state index in [1.165, 1.54) is 28.1 Å². The quantitative estimate of drug-likeness (QED) is 0.168. The first-order chi connectivity index (χ1) is 29.0. The zero-order valence-corrected chi connectivity index (χ0v) is 36.7. The van der Waals surface area contributed by atoms with Crippen LogP contribution in [-0.4, -0.2) is 16.2 Å². The molecular weight excluding hydrogens is 747 g/mol. The van der Waals surface area contributed by atoms with E-state index in [0.29, 0.717) is 12.2 Å². The fourth-order valence-electron chi connectivity index (χ4n) is 8.41. The number of rotatable bonds is 6. The van der Waals surface area contributed by atoms with Crippen LogP contribution in [0.4, 0.5) is 22.7 Å². The van der Waals surface area contributed by atoms with Crippen molar-refractivity contribution < 1.29 is 4.74 Å². The summed E-state index contributed by atoms with van der Waals surface area (Å²) in [5, 5.41) is 11.8. The summed E-state index contributed by atoms with van der Waals surface area (Å²) in [4.78, 5) is 9.74. The second-order valence-corrected chi connectivity index (χ2v) is 19.4. The van der Waals surface area contributed by atoms with Gasteiger partial charge in [0.2, 0.25) is 0 Å². The first kappa shape index (κ1) is 39.6. The molecule has 0 radical (unpaired) electrons. The van der Waals surface area contributed by atoms with E-state index in [1.807, 2.05) is 30.5 Å². The fraction of sp³-hybridized carbons (Fsp3) is 0.236. The third-order valence-corrected chi connectivity index (χ3v) is 12.0. The molecule has 0 aliphatic carbocycles. The summed E-state index contributed by atoms with van der Waals surface area (Å²) in [6, 6.07) is 51.4. The molecular formula is C55H53N5O. The third-order valence-electron chi connectivity index (χ3n) is 12.0. The van der Waals surface area contributed by atoms with Gasteiger partial charge in [0.25, 0.3) is 0 Å². The van der Waals surface area contributed by atoms with Gasteiger partial charge >= 0.3 is 0 Å². The van der Waals surface area contributed by atoms with Crippen molar-refractivity contribution in [1.29, 1.82) is 5.26 Å².